The minimum atomic E-state index is -1.08. The van der Waals surface area contributed by atoms with Gasteiger partial charge in [-0.25, -0.2) is 4.99 Å². The number of nitrogens with one attached hydrogen (secondary N) is 2. The monoisotopic (exact) mass is 389 g/mol. The highest BCUT2D eigenvalue weighted by Gasteiger charge is 2.42. The Kier molecular flexibility index (Phi) is 4.23. The van der Waals surface area contributed by atoms with E-state index in [1.54, 1.807) is 0 Å². The molecule has 0 aromatic heterocycles. The van der Waals surface area contributed by atoms with Gasteiger partial charge in [0.2, 0.25) is 11.7 Å². The first-order valence-corrected chi connectivity index (χ1v) is 10.4. The van der Waals surface area contributed by atoms with Gasteiger partial charge in [0.15, 0.2) is 0 Å². The van der Waals surface area contributed by atoms with E-state index in [2.05, 4.69) is 25.6 Å². The number of halogens is 1. The van der Waals surface area contributed by atoms with Crippen LogP contribution >= 0.6 is 11.6 Å². The van der Waals surface area contributed by atoms with Crippen molar-refractivity contribution in [2.75, 3.05) is 31.1 Å². The number of hydrazine groups is 1. The Bertz CT molecular complexity index is 760. The summed E-state index contributed by atoms with van der Waals surface area (Å²) in [4.78, 5) is 9.33. The summed E-state index contributed by atoms with van der Waals surface area (Å²) in [6, 6.07) is 6.73. The molecule has 1 aromatic carbocycles. The number of nitrogens with zero attached hydrogens (tertiary/aromatic N) is 3. The van der Waals surface area contributed by atoms with Gasteiger partial charge in [-0.1, -0.05) is 24.1 Å². The third-order valence-corrected chi connectivity index (χ3v) is 7.19. The molecule has 2 aliphatic heterocycles. The van der Waals surface area contributed by atoms with Gasteiger partial charge in [-0.2, -0.15) is 5.43 Å². The van der Waals surface area contributed by atoms with Crippen LogP contribution in [0.4, 0.5) is 5.69 Å². The first-order valence-electron chi connectivity index (χ1n) is 9.98. The number of guanidine groups is 1. The molecule has 2 aliphatic carbocycles. The number of benzene rings is 1. The fourth-order valence-electron chi connectivity index (χ4n) is 5.50. The van der Waals surface area contributed by atoms with Crippen molar-refractivity contribution in [3.05, 3.63) is 28.8 Å². The quantitative estimate of drug-likeness (QED) is 0.619. The average molecular weight is 390 g/mol. The fourth-order valence-corrected chi connectivity index (χ4v) is 5.80. The highest BCUT2D eigenvalue weighted by Crippen LogP contribution is 2.46. The van der Waals surface area contributed by atoms with Crippen LogP contribution in [0.1, 0.15) is 31.2 Å². The molecule has 8 heteroatoms. The van der Waals surface area contributed by atoms with Crippen LogP contribution in [0.5, 0.6) is 0 Å². The lowest BCUT2D eigenvalue weighted by Gasteiger charge is -2.42. The zero-order valence-corrected chi connectivity index (χ0v) is 16.3. The summed E-state index contributed by atoms with van der Waals surface area (Å²) in [7, 11) is 0. The molecule has 2 saturated carbocycles. The molecular weight excluding hydrogens is 362 g/mol. The highest BCUT2D eigenvalue weighted by atomic mass is 35.5. The van der Waals surface area contributed by atoms with Crippen molar-refractivity contribution in [1.82, 2.24) is 15.8 Å². The molecule has 27 heavy (non-hydrogen) atoms. The zero-order valence-electron chi connectivity index (χ0n) is 15.5. The van der Waals surface area contributed by atoms with Crippen molar-refractivity contribution in [2.24, 2.45) is 28.3 Å². The molecule has 5 rings (SSSR count). The second kappa shape index (κ2) is 6.51. The fraction of sp³-hybridized carbons (Fsp3) is 0.632. The van der Waals surface area contributed by atoms with Crippen molar-refractivity contribution in [3.8, 4) is 0 Å². The van der Waals surface area contributed by atoms with Gasteiger partial charge in [-0.05, 0) is 43.2 Å². The predicted octanol–water partition coefficient (Wildman–Crippen LogP) is 1.14. The Morgan fingerprint density at radius 2 is 1.96 bits per heavy atom. The van der Waals surface area contributed by atoms with E-state index < -0.39 is 5.79 Å². The van der Waals surface area contributed by atoms with E-state index in [4.69, 9.17) is 23.1 Å². The predicted molar refractivity (Wildman–Crippen MR) is 108 cm³/mol. The lowest BCUT2D eigenvalue weighted by Crippen LogP contribution is -2.52. The summed E-state index contributed by atoms with van der Waals surface area (Å²) < 4.78 is 0. The molecule has 2 bridgehead atoms. The second-order valence-corrected chi connectivity index (χ2v) is 8.85. The molecule has 1 unspecified atom stereocenters. The molecule has 1 aromatic rings. The van der Waals surface area contributed by atoms with Crippen LogP contribution in [-0.4, -0.2) is 43.1 Å². The molecule has 146 valence electrons. The lowest BCUT2D eigenvalue weighted by atomic mass is 9.93. The van der Waals surface area contributed by atoms with Crippen molar-refractivity contribution < 1.29 is 0 Å². The molecule has 2 heterocycles. The van der Waals surface area contributed by atoms with Crippen LogP contribution in [0, 0.1) is 11.8 Å². The minimum Gasteiger partial charge on any atom is -0.369 e. The molecule has 0 amide bonds. The number of rotatable bonds is 3. The summed E-state index contributed by atoms with van der Waals surface area (Å²) in [5.41, 5.74) is 19.4. The molecule has 0 spiro atoms. The minimum absolute atomic E-state index is 0.273. The van der Waals surface area contributed by atoms with Crippen molar-refractivity contribution in [1.29, 1.82) is 0 Å². The summed E-state index contributed by atoms with van der Waals surface area (Å²) in [5, 5.41) is 0.702. The summed E-state index contributed by atoms with van der Waals surface area (Å²) in [6.07, 6.45) is 5.80. The highest BCUT2D eigenvalue weighted by molar-refractivity contribution is 6.33. The molecule has 1 saturated heterocycles. The lowest BCUT2D eigenvalue weighted by molar-refractivity contribution is 0.135. The SMILES string of the molecule is NC1=NC(N)(c2ccc(N3CCN([C@H]4C[C@@H]5CC[C@H]4C5)CC3)c(Cl)c2)NN1. The van der Waals surface area contributed by atoms with Gasteiger partial charge in [-0.3, -0.25) is 16.1 Å². The van der Waals surface area contributed by atoms with Crippen molar-refractivity contribution in [2.45, 2.75) is 37.5 Å². The maximum Gasteiger partial charge on any atom is 0.209 e. The molecule has 0 radical (unpaired) electrons. The van der Waals surface area contributed by atoms with E-state index in [1.165, 1.54) is 25.7 Å². The van der Waals surface area contributed by atoms with Gasteiger partial charge in [-0.15, -0.1) is 0 Å². The molecule has 6 N–H and O–H groups in total. The molecule has 7 nitrogen and oxygen atoms in total. The number of anilines is 1. The molecular formula is C19H28ClN7. The maximum atomic E-state index is 6.62. The van der Waals surface area contributed by atoms with Gasteiger partial charge in [0, 0.05) is 37.8 Å². The first kappa shape index (κ1) is 17.6. The van der Waals surface area contributed by atoms with Crippen LogP contribution in [0.2, 0.25) is 5.02 Å². The normalized spacial score (nSPS) is 36.1. The third kappa shape index (κ3) is 3.06. The molecule has 4 aliphatic rings. The van der Waals surface area contributed by atoms with Crippen LogP contribution in [0.3, 0.4) is 0 Å². The topological polar surface area (TPSA) is 94.9 Å². The van der Waals surface area contributed by atoms with Gasteiger partial charge >= 0.3 is 0 Å². The Labute approximate surface area is 165 Å². The number of aliphatic imine (C=N–C) groups is 1. The largest absolute Gasteiger partial charge is 0.369 e. The van der Waals surface area contributed by atoms with E-state index in [-0.39, 0.29) is 5.96 Å². The van der Waals surface area contributed by atoms with Crippen molar-refractivity contribution >= 4 is 23.2 Å². The number of piperazine rings is 1. The van der Waals surface area contributed by atoms with Gasteiger partial charge in [0.25, 0.3) is 0 Å². The molecule has 4 atom stereocenters. The third-order valence-electron chi connectivity index (χ3n) is 6.89. The Morgan fingerprint density at radius 1 is 1.15 bits per heavy atom. The van der Waals surface area contributed by atoms with Crippen LogP contribution in [0.25, 0.3) is 0 Å². The van der Waals surface area contributed by atoms with E-state index in [1.807, 2.05) is 18.2 Å². The van der Waals surface area contributed by atoms with Crippen LogP contribution in [-0.2, 0) is 5.79 Å². The smallest absolute Gasteiger partial charge is 0.209 e. The summed E-state index contributed by atoms with van der Waals surface area (Å²) in [5.74, 6) is 1.14. The van der Waals surface area contributed by atoms with Crippen LogP contribution in [0.15, 0.2) is 23.2 Å². The Balaban J connectivity index is 1.26. The second-order valence-electron chi connectivity index (χ2n) is 8.44. The zero-order chi connectivity index (χ0) is 18.6. The summed E-state index contributed by atoms with van der Waals surface area (Å²) >= 11 is 6.62. The van der Waals surface area contributed by atoms with Gasteiger partial charge in [0.1, 0.15) is 0 Å². The number of fused-ring (bicyclic) bond motifs is 2. The van der Waals surface area contributed by atoms with E-state index >= 15 is 0 Å². The van der Waals surface area contributed by atoms with E-state index in [9.17, 15) is 0 Å². The van der Waals surface area contributed by atoms with Gasteiger partial charge < -0.3 is 10.6 Å². The first-order chi connectivity index (χ1) is 13.0. The Morgan fingerprint density at radius 3 is 2.56 bits per heavy atom. The number of hydrogen-bond donors (Lipinski definition) is 4. The number of hydrogen-bond acceptors (Lipinski definition) is 7. The Hall–Kier alpha value is -1.54. The van der Waals surface area contributed by atoms with Gasteiger partial charge in [0.05, 0.1) is 10.7 Å². The maximum absolute atomic E-state index is 6.62. The standard InChI is InChI=1S/C19H28ClN7/c20-15-11-14(19(22)23-18(21)24-25-19)3-4-16(15)26-5-7-27(8-6-26)17-10-12-1-2-13(17)9-12/h3-4,11-13,17,25H,1-2,5-10,22H2,(H3,21,23,24)/t12-,13+,17+,19?/m1/s1. The summed E-state index contributed by atoms with van der Waals surface area (Å²) in [6.45, 7) is 4.29. The average Bonchev–Trinajstić information content (AvgIpc) is 3.38. The van der Waals surface area contributed by atoms with Crippen LogP contribution < -0.4 is 27.2 Å². The van der Waals surface area contributed by atoms with E-state index in [0.29, 0.717) is 5.02 Å². The number of nitrogens with two attached hydrogens (primary N) is 2. The van der Waals surface area contributed by atoms with Crippen molar-refractivity contribution in [3.63, 3.8) is 0 Å². The van der Waals surface area contributed by atoms with E-state index in [0.717, 1.165) is 55.3 Å². The molecule has 3 fully saturated rings.